The molecule has 4 rings (SSSR count). The van der Waals surface area contributed by atoms with Gasteiger partial charge in [-0.05, 0) is 36.4 Å². The number of nitrogens with one attached hydrogen (secondary N) is 1. The Balaban J connectivity index is 1.62. The Labute approximate surface area is 198 Å². The van der Waals surface area contributed by atoms with E-state index in [4.69, 9.17) is 16.3 Å². The first-order valence-electron chi connectivity index (χ1n) is 10.4. The number of alkyl halides is 3. The van der Waals surface area contributed by atoms with Crippen molar-refractivity contribution < 1.29 is 23.0 Å². The quantitative estimate of drug-likeness (QED) is 0.530. The van der Waals surface area contributed by atoms with E-state index in [1.807, 2.05) is 0 Å². The van der Waals surface area contributed by atoms with Crippen LogP contribution in [0.15, 0.2) is 59.7 Å². The number of carbonyl (C=O) groups is 1. The average Bonchev–Trinajstić information content (AvgIpc) is 2.81. The summed E-state index contributed by atoms with van der Waals surface area (Å²) < 4.78 is 36.7. The molecule has 1 saturated heterocycles. The topological polar surface area (TPSA) is 85.7 Å². The summed E-state index contributed by atoms with van der Waals surface area (Å²) in [5.41, 5.74) is -1.90. The third kappa shape index (κ3) is 5.70. The zero-order chi connectivity index (χ0) is 24.3. The Bertz CT molecular complexity index is 1240. The molecule has 3 aromatic rings. The van der Waals surface area contributed by atoms with Crippen LogP contribution in [0, 0.1) is 0 Å². The van der Waals surface area contributed by atoms with Gasteiger partial charge in [-0.25, -0.2) is 4.98 Å². The van der Waals surface area contributed by atoms with Crippen LogP contribution in [-0.4, -0.2) is 47.3 Å². The van der Waals surface area contributed by atoms with E-state index in [-0.39, 0.29) is 16.9 Å². The number of nitrogens with zero attached hydrogens (tertiary/aromatic N) is 3. The number of ether oxygens (including phenoxy) is 2. The van der Waals surface area contributed by atoms with E-state index in [2.05, 4.69) is 19.9 Å². The Hall–Kier alpha value is -3.50. The van der Waals surface area contributed by atoms with Crippen LogP contribution in [0.4, 0.5) is 20.3 Å². The summed E-state index contributed by atoms with van der Waals surface area (Å²) in [6, 6.07) is 10.2. The molecule has 1 aliphatic rings. The van der Waals surface area contributed by atoms with Crippen molar-refractivity contribution in [2.45, 2.75) is 5.57 Å². The molecule has 1 fully saturated rings. The van der Waals surface area contributed by atoms with Crippen LogP contribution < -0.4 is 20.5 Å². The van der Waals surface area contributed by atoms with E-state index in [1.54, 1.807) is 25.4 Å². The average molecular weight is 491 g/mol. The number of halogens is 3. The zero-order valence-corrected chi connectivity index (χ0v) is 18.9. The van der Waals surface area contributed by atoms with Gasteiger partial charge in [0.1, 0.15) is 11.6 Å². The van der Waals surface area contributed by atoms with E-state index in [0.717, 1.165) is 5.56 Å². The van der Waals surface area contributed by atoms with Gasteiger partial charge in [-0.15, -0.1) is 8.78 Å². The second kappa shape index (κ2) is 9.78. The smallest absolute Gasteiger partial charge is 0.420 e. The number of amides is 1. The highest BCUT2D eigenvalue weighted by molar-refractivity contribution is 6.20. The monoisotopic (exact) mass is 490 g/mol. The number of aryl methyl sites for hydroxylation is 1. The highest BCUT2D eigenvalue weighted by Crippen LogP contribution is 2.31. The lowest BCUT2D eigenvalue weighted by Crippen LogP contribution is -2.37. The standard InChI is InChI=1S/C23H21ClF2N4O4/c1-29-14-15(2-7-20(29)31)19-12-16(13-27-21(19)30-8-10-33-11-9-30)22(32)28-17-3-5-18(6-4-17)34-23(24,25)26/h2-7,12-14H,8-11H2,1H3,(H,28,32). The largest absolute Gasteiger partial charge is 0.487 e. The summed E-state index contributed by atoms with van der Waals surface area (Å²) in [6.07, 6.45) is 3.16. The summed E-state index contributed by atoms with van der Waals surface area (Å²) >= 11 is 4.76. The highest BCUT2D eigenvalue weighted by atomic mass is 35.5. The molecule has 8 nitrogen and oxygen atoms in total. The van der Waals surface area contributed by atoms with Gasteiger partial charge in [0.05, 0.1) is 18.8 Å². The highest BCUT2D eigenvalue weighted by Gasteiger charge is 2.27. The van der Waals surface area contributed by atoms with Crippen LogP contribution in [0.5, 0.6) is 5.75 Å². The summed E-state index contributed by atoms with van der Waals surface area (Å²) in [5.74, 6) is 0.0944. The second-order valence-electron chi connectivity index (χ2n) is 7.59. The number of hydrogen-bond acceptors (Lipinski definition) is 6. The summed E-state index contributed by atoms with van der Waals surface area (Å²) in [4.78, 5) is 31.4. The first kappa shape index (κ1) is 23.7. The Morgan fingerprint density at radius 1 is 1.18 bits per heavy atom. The maximum absolute atomic E-state index is 12.9. The fraction of sp³-hybridized carbons (Fsp3) is 0.261. The number of rotatable bonds is 6. The maximum atomic E-state index is 12.9. The van der Waals surface area contributed by atoms with Gasteiger partial charge in [-0.2, -0.15) is 0 Å². The van der Waals surface area contributed by atoms with Gasteiger partial charge >= 0.3 is 5.57 Å². The van der Waals surface area contributed by atoms with Crippen LogP contribution >= 0.6 is 11.6 Å². The van der Waals surface area contributed by atoms with E-state index >= 15 is 0 Å². The number of morpholine rings is 1. The van der Waals surface area contributed by atoms with Gasteiger partial charge < -0.3 is 24.3 Å². The molecule has 34 heavy (non-hydrogen) atoms. The molecule has 3 heterocycles. The van der Waals surface area contributed by atoms with Gasteiger partial charge in [-0.1, -0.05) is 0 Å². The molecule has 1 aliphatic heterocycles. The molecular weight excluding hydrogens is 470 g/mol. The summed E-state index contributed by atoms with van der Waals surface area (Å²) in [7, 11) is 1.65. The minimum Gasteiger partial charge on any atom is -0.420 e. The van der Waals surface area contributed by atoms with Crippen molar-refractivity contribution in [3.05, 3.63) is 70.8 Å². The fourth-order valence-electron chi connectivity index (χ4n) is 3.52. The Kier molecular flexibility index (Phi) is 6.80. The molecule has 0 saturated carbocycles. The lowest BCUT2D eigenvalue weighted by atomic mass is 10.0. The molecule has 0 bridgehead atoms. The third-order valence-corrected chi connectivity index (χ3v) is 5.26. The molecular formula is C23H21ClF2N4O4. The van der Waals surface area contributed by atoms with Crippen molar-refractivity contribution >= 4 is 29.0 Å². The first-order chi connectivity index (χ1) is 16.2. The number of pyridine rings is 2. The van der Waals surface area contributed by atoms with Gasteiger partial charge in [0, 0.05) is 67.0 Å². The molecule has 0 unspecified atom stereocenters. The molecule has 0 radical (unpaired) electrons. The van der Waals surface area contributed by atoms with Gasteiger partial charge in [-0.3, -0.25) is 9.59 Å². The fourth-order valence-corrected chi connectivity index (χ4v) is 3.61. The minimum absolute atomic E-state index is 0.147. The molecule has 0 spiro atoms. The van der Waals surface area contributed by atoms with Crippen molar-refractivity contribution in [3.8, 4) is 16.9 Å². The van der Waals surface area contributed by atoms with E-state index in [1.165, 1.54) is 41.1 Å². The van der Waals surface area contributed by atoms with Gasteiger partial charge in [0.2, 0.25) is 5.56 Å². The SMILES string of the molecule is Cn1cc(-c2cc(C(=O)Nc3ccc(OC(F)(F)Cl)cc3)cnc2N2CCOCC2)ccc1=O. The van der Waals surface area contributed by atoms with E-state index in [9.17, 15) is 18.4 Å². The van der Waals surface area contributed by atoms with Crippen molar-refractivity contribution in [2.24, 2.45) is 7.05 Å². The minimum atomic E-state index is -3.82. The number of aromatic nitrogens is 2. The van der Waals surface area contributed by atoms with Crippen LogP contribution in [0.25, 0.3) is 11.1 Å². The van der Waals surface area contributed by atoms with Crippen molar-refractivity contribution in [3.63, 3.8) is 0 Å². The normalized spacial score (nSPS) is 14.1. The second-order valence-corrected chi connectivity index (χ2v) is 8.03. The van der Waals surface area contributed by atoms with Crippen LogP contribution in [0.1, 0.15) is 10.4 Å². The summed E-state index contributed by atoms with van der Waals surface area (Å²) in [5, 5.41) is 2.70. The number of benzene rings is 1. The Morgan fingerprint density at radius 3 is 2.53 bits per heavy atom. The predicted octanol–water partition coefficient (Wildman–Crippen LogP) is 3.70. The first-order valence-corrected chi connectivity index (χ1v) is 10.7. The number of carbonyl (C=O) groups excluding carboxylic acids is 1. The van der Waals surface area contributed by atoms with E-state index in [0.29, 0.717) is 43.4 Å². The summed E-state index contributed by atoms with van der Waals surface area (Å²) in [6.45, 7) is 2.41. The van der Waals surface area contributed by atoms with Gasteiger partial charge in [0.25, 0.3) is 5.91 Å². The molecule has 0 aliphatic carbocycles. The molecule has 2 aromatic heterocycles. The van der Waals surface area contributed by atoms with Crippen LogP contribution in [0.2, 0.25) is 0 Å². The lowest BCUT2D eigenvalue weighted by Gasteiger charge is -2.29. The molecule has 11 heteroatoms. The molecule has 1 amide bonds. The predicted molar refractivity (Wildman–Crippen MR) is 124 cm³/mol. The Morgan fingerprint density at radius 2 is 1.88 bits per heavy atom. The van der Waals surface area contributed by atoms with Crippen LogP contribution in [0.3, 0.4) is 0 Å². The van der Waals surface area contributed by atoms with Gasteiger partial charge in [0.15, 0.2) is 0 Å². The number of anilines is 2. The molecule has 178 valence electrons. The lowest BCUT2D eigenvalue weighted by molar-refractivity contribution is -0.0964. The third-order valence-electron chi connectivity index (χ3n) is 5.18. The number of hydrogen-bond donors (Lipinski definition) is 1. The van der Waals surface area contributed by atoms with Crippen molar-refractivity contribution in [2.75, 3.05) is 36.5 Å². The zero-order valence-electron chi connectivity index (χ0n) is 18.1. The maximum Gasteiger partial charge on any atom is 0.487 e. The molecule has 1 N–H and O–H groups in total. The van der Waals surface area contributed by atoms with E-state index < -0.39 is 11.5 Å². The van der Waals surface area contributed by atoms with Crippen LogP contribution in [-0.2, 0) is 11.8 Å². The van der Waals surface area contributed by atoms with Crippen molar-refractivity contribution in [1.29, 1.82) is 0 Å². The molecule has 0 atom stereocenters. The van der Waals surface area contributed by atoms with Crippen molar-refractivity contribution in [1.82, 2.24) is 9.55 Å². The molecule has 1 aromatic carbocycles.